The molecule has 18 heavy (non-hydrogen) atoms. The molecule has 5 nitrogen and oxygen atoms in total. The third-order valence-electron chi connectivity index (χ3n) is 3.34. The Morgan fingerprint density at radius 2 is 1.78 bits per heavy atom. The van der Waals surface area contributed by atoms with E-state index in [2.05, 4.69) is 5.32 Å². The first-order valence-corrected chi connectivity index (χ1v) is 6.63. The van der Waals surface area contributed by atoms with Crippen molar-refractivity contribution >= 4 is 11.8 Å². The van der Waals surface area contributed by atoms with E-state index < -0.39 is 6.04 Å². The Hall–Kier alpha value is -1.10. The average molecular weight is 255 g/mol. The second kappa shape index (κ2) is 6.18. The number of rotatable bonds is 3. The van der Waals surface area contributed by atoms with Gasteiger partial charge in [0.05, 0.1) is 12.6 Å². The number of hydrogen-bond acceptors (Lipinski definition) is 3. The quantitative estimate of drug-likeness (QED) is 0.770. The fourth-order valence-corrected chi connectivity index (χ4v) is 1.92. The smallest absolute Gasteiger partial charge is 0.241 e. The van der Waals surface area contributed by atoms with Crippen molar-refractivity contribution in [2.45, 2.75) is 46.1 Å². The maximum Gasteiger partial charge on any atom is 0.241 e. The summed E-state index contributed by atoms with van der Waals surface area (Å²) >= 11 is 0. The molecule has 1 rings (SSSR count). The molecule has 1 atom stereocenters. The third-order valence-corrected chi connectivity index (χ3v) is 3.34. The van der Waals surface area contributed by atoms with Gasteiger partial charge in [0.15, 0.2) is 0 Å². The SMILES string of the molecule is CC(C)(C)[C@H](N)C(=O)NCC(=O)N1CCCCC1. The average Bonchev–Trinajstić information content (AvgIpc) is 2.34. The van der Waals surface area contributed by atoms with Crippen molar-refractivity contribution in [1.82, 2.24) is 10.2 Å². The number of nitrogens with two attached hydrogens (primary N) is 1. The van der Waals surface area contributed by atoms with Crippen molar-refractivity contribution in [3.63, 3.8) is 0 Å². The molecule has 0 unspecified atom stereocenters. The molecule has 1 saturated heterocycles. The van der Waals surface area contributed by atoms with Gasteiger partial charge >= 0.3 is 0 Å². The second-order valence-corrected chi connectivity index (χ2v) is 6.00. The molecule has 1 heterocycles. The summed E-state index contributed by atoms with van der Waals surface area (Å²) in [4.78, 5) is 25.4. The first-order valence-electron chi connectivity index (χ1n) is 6.63. The third kappa shape index (κ3) is 4.29. The zero-order valence-corrected chi connectivity index (χ0v) is 11.7. The van der Waals surface area contributed by atoms with Crippen LogP contribution in [0.1, 0.15) is 40.0 Å². The van der Waals surface area contributed by atoms with Gasteiger partial charge in [0.2, 0.25) is 11.8 Å². The first-order chi connectivity index (χ1) is 8.32. The van der Waals surface area contributed by atoms with Gasteiger partial charge in [-0.15, -0.1) is 0 Å². The zero-order chi connectivity index (χ0) is 13.8. The van der Waals surface area contributed by atoms with Gasteiger partial charge in [-0.3, -0.25) is 9.59 Å². The van der Waals surface area contributed by atoms with Gasteiger partial charge in [-0.05, 0) is 24.7 Å². The van der Waals surface area contributed by atoms with Crippen LogP contribution in [0.4, 0.5) is 0 Å². The van der Waals surface area contributed by atoms with Crippen LogP contribution in [0.5, 0.6) is 0 Å². The van der Waals surface area contributed by atoms with Crippen LogP contribution in [0, 0.1) is 5.41 Å². The zero-order valence-electron chi connectivity index (χ0n) is 11.7. The van der Waals surface area contributed by atoms with E-state index in [1.807, 2.05) is 25.7 Å². The number of piperidine rings is 1. The lowest BCUT2D eigenvalue weighted by Gasteiger charge is -2.28. The summed E-state index contributed by atoms with van der Waals surface area (Å²) in [6.45, 7) is 7.39. The minimum Gasteiger partial charge on any atom is -0.346 e. The minimum atomic E-state index is -0.591. The lowest BCUT2D eigenvalue weighted by molar-refractivity contribution is -0.134. The number of nitrogens with zero attached hydrogens (tertiary/aromatic N) is 1. The minimum absolute atomic E-state index is 0.0100. The maximum atomic E-state index is 11.8. The highest BCUT2D eigenvalue weighted by atomic mass is 16.2. The number of hydrogen-bond donors (Lipinski definition) is 2. The van der Waals surface area contributed by atoms with Crippen molar-refractivity contribution in [3.05, 3.63) is 0 Å². The van der Waals surface area contributed by atoms with Crippen molar-refractivity contribution in [2.24, 2.45) is 11.1 Å². The Bertz CT molecular complexity index is 304. The Morgan fingerprint density at radius 1 is 1.22 bits per heavy atom. The molecule has 0 bridgehead atoms. The van der Waals surface area contributed by atoms with Crippen molar-refractivity contribution in [2.75, 3.05) is 19.6 Å². The number of likely N-dealkylation sites (tertiary alicyclic amines) is 1. The van der Waals surface area contributed by atoms with Gasteiger partial charge in [0, 0.05) is 13.1 Å². The van der Waals surface area contributed by atoms with Crippen LogP contribution in [-0.2, 0) is 9.59 Å². The van der Waals surface area contributed by atoms with Crippen LogP contribution >= 0.6 is 0 Å². The van der Waals surface area contributed by atoms with E-state index in [0.29, 0.717) is 0 Å². The van der Waals surface area contributed by atoms with E-state index in [0.717, 1.165) is 25.9 Å². The van der Waals surface area contributed by atoms with Crippen molar-refractivity contribution in [1.29, 1.82) is 0 Å². The molecule has 0 spiro atoms. The maximum absolute atomic E-state index is 11.8. The van der Waals surface area contributed by atoms with Crippen LogP contribution in [0.25, 0.3) is 0 Å². The summed E-state index contributed by atoms with van der Waals surface area (Å²) in [6.07, 6.45) is 3.30. The second-order valence-electron chi connectivity index (χ2n) is 6.00. The van der Waals surface area contributed by atoms with E-state index in [1.165, 1.54) is 6.42 Å². The van der Waals surface area contributed by atoms with E-state index in [-0.39, 0.29) is 23.8 Å². The van der Waals surface area contributed by atoms with E-state index in [9.17, 15) is 9.59 Å². The number of nitrogens with one attached hydrogen (secondary N) is 1. The summed E-state index contributed by atoms with van der Waals surface area (Å²) < 4.78 is 0. The lowest BCUT2D eigenvalue weighted by atomic mass is 9.87. The highest BCUT2D eigenvalue weighted by Crippen LogP contribution is 2.17. The van der Waals surface area contributed by atoms with Crippen molar-refractivity contribution < 1.29 is 9.59 Å². The van der Waals surface area contributed by atoms with E-state index >= 15 is 0 Å². The van der Waals surface area contributed by atoms with Gasteiger partial charge in [-0.25, -0.2) is 0 Å². The van der Waals surface area contributed by atoms with E-state index in [4.69, 9.17) is 5.73 Å². The van der Waals surface area contributed by atoms with E-state index in [1.54, 1.807) is 0 Å². The Morgan fingerprint density at radius 3 is 2.28 bits per heavy atom. The normalized spacial score (nSPS) is 18.3. The molecule has 0 aromatic rings. The Balaban J connectivity index is 2.36. The molecule has 0 saturated carbocycles. The van der Waals surface area contributed by atoms with Crippen molar-refractivity contribution in [3.8, 4) is 0 Å². The summed E-state index contributed by atoms with van der Waals surface area (Å²) in [5.74, 6) is -0.267. The monoisotopic (exact) mass is 255 g/mol. The summed E-state index contributed by atoms with van der Waals surface area (Å²) in [6, 6.07) is -0.591. The molecule has 1 aliphatic rings. The lowest BCUT2D eigenvalue weighted by Crippen LogP contribution is -2.51. The van der Waals surface area contributed by atoms with Crippen LogP contribution in [0.3, 0.4) is 0 Å². The standard InChI is InChI=1S/C13H25N3O2/c1-13(2,3)11(14)12(18)15-9-10(17)16-7-5-4-6-8-16/h11H,4-9,14H2,1-3H3,(H,15,18)/t11-/m1/s1. The van der Waals surface area contributed by atoms with Gasteiger partial charge in [0.1, 0.15) is 0 Å². The van der Waals surface area contributed by atoms with Gasteiger partial charge in [-0.1, -0.05) is 20.8 Å². The molecule has 2 amide bonds. The van der Waals surface area contributed by atoms with Gasteiger partial charge in [-0.2, -0.15) is 0 Å². The first kappa shape index (κ1) is 15.0. The van der Waals surface area contributed by atoms with Crippen LogP contribution in [-0.4, -0.2) is 42.4 Å². The molecule has 0 aliphatic carbocycles. The number of amides is 2. The van der Waals surface area contributed by atoms with Crippen LogP contribution < -0.4 is 11.1 Å². The summed E-state index contributed by atoms with van der Waals surface area (Å²) in [5, 5.41) is 2.63. The summed E-state index contributed by atoms with van der Waals surface area (Å²) in [7, 11) is 0. The highest BCUT2D eigenvalue weighted by Gasteiger charge is 2.28. The predicted octanol–water partition coefficient (Wildman–Crippen LogP) is 0.489. The van der Waals surface area contributed by atoms with Crippen LogP contribution in [0.15, 0.2) is 0 Å². The molecule has 1 fully saturated rings. The molecule has 0 aromatic heterocycles. The molecular weight excluding hydrogens is 230 g/mol. The Kier molecular flexibility index (Phi) is 5.14. The molecule has 1 aliphatic heterocycles. The fraction of sp³-hybridized carbons (Fsp3) is 0.846. The molecule has 104 valence electrons. The molecular formula is C13H25N3O2. The molecule has 0 aromatic carbocycles. The molecule has 0 radical (unpaired) electrons. The molecule has 5 heteroatoms. The fourth-order valence-electron chi connectivity index (χ4n) is 1.92. The predicted molar refractivity (Wildman–Crippen MR) is 70.9 cm³/mol. The largest absolute Gasteiger partial charge is 0.346 e. The summed E-state index contributed by atoms with van der Waals surface area (Å²) in [5.41, 5.74) is 5.53. The highest BCUT2D eigenvalue weighted by molar-refractivity contribution is 5.87. The Labute approximate surface area is 109 Å². The van der Waals surface area contributed by atoms with Crippen LogP contribution in [0.2, 0.25) is 0 Å². The topological polar surface area (TPSA) is 75.4 Å². The number of carbonyl (C=O) groups excluding carboxylic acids is 2. The van der Waals surface area contributed by atoms with Gasteiger partial charge < -0.3 is 16.0 Å². The van der Waals surface area contributed by atoms with Gasteiger partial charge in [0.25, 0.3) is 0 Å². The number of carbonyl (C=O) groups is 2. The molecule has 3 N–H and O–H groups in total.